The Morgan fingerprint density at radius 1 is 0.967 bits per heavy atom. The molecule has 6 heteroatoms. The number of likely N-dealkylation sites (tertiary alicyclic amines) is 1. The highest BCUT2D eigenvalue weighted by Crippen LogP contribution is 2.38. The van der Waals surface area contributed by atoms with Crippen LogP contribution >= 0.6 is 0 Å². The minimum atomic E-state index is -0.525. The minimum absolute atomic E-state index is 0.0720. The lowest BCUT2D eigenvalue weighted by molar-refractivity contribution is -0.122. The highest BCUT2D eigenvalue weighted by molar-refractivity contribution is 6.05. The van der Waals surface area contributed by atoms with Crippen molar-refractivity contribution >= 4 is 29.1 Å². The fourth-order valence-electron chi connectivity index (χ4n) is 4.46. The van der Waals surface area contributed by atoms with Crippen molar-refractivity contribution in [2.24, 2.45) is 0 Å². The number of methoxy groups -OCH3 is 1. The summed E-state index contributed by atoms with van der Waals surface area (Å²) in [6, 6.07) is 13.7. The van der Waals surface area contributed by atoms with E-state index in [4.69, 9.17) is 4.74 Å². The lowest BCUT2D eigenvalue weighted by Gasteiger charge is -2.35. The summed E-state index contributed by atoms with van der Waals surface area (Å²) < 4.78 is 4.73. The predicted octanol–water partition coefficient (Wildman–Crippen LogP) is 4.50. The summed E-state index contributed by atoms with van der Waals surface area (Å²) in [5.74, 6) is 0.0720. The number of piperidine rings is 1. The maximum absolute atomic E-state index is 13.8. The Labute approximate surface area is 177 Å². The van der Waals surface area contributed by atoms with E-state index in [0.29, 0.717) is 5.69 Å². The van der Waals surface area contributed by atoms with Crippen LogP contribution in [0.3, 0.4) is 0 Å². The molecular formula is C24H29N3O3. The van der Waals surface area contributed by atoms with Crippen molar-refractivity contribution in [3.8, 4) is 0 Å². The van der Waals surface area contributed by atoms with E-state index in [-0.39, 0.29) is 11.9 Å². The van der Waals surface area contributed by atoms with Gasteiger partial charge in [-0.3, -0.25) is 19.9 Å². The van der Waals surface area contributed by atoms with Gasteiger partial charge in [0.2, 0.25) is 5.91 Å². The molecule has 158 valence electrons. The van der Waals surface area contributed by atoms with Gasteiger partial charge in [0.05, 0.1) is 24.5 Å². The van der Waals surface area contributed by atoms with Gasteiger partial charge in [0.1, 0.15) is 0 Å². The number of benzene rings is 2. The number of carbonyl (C=O) groups excluding carboxylic acids is 2. The fraction of sp³-hybridized carbons (Fsp3) is 0.417. The SMILES string of the molecule is COC(=O)Nc1ccc2c(c1)N(C(=O)[C@H](C)N1CCCCC1)c1ccccc1CC2. The summed E-state index contributed by atoms with van der Waals surface area (Å²) in [7, 11) is 1.34. The molecule has 0 aromatic heterocycles. The summed E-state index contributed by atoms with van der Waals surface area (Å²) in [6.45, 7) is 3.93. The van der Waals surface area contributed by atoms with Crippen LogP contribution in [0.5, 0.6) is 0 Å². The summed E-state index contributed by atoms with van der Waals surface area (Å²) in [4.78, 5) is 29.7. The van der Waals surface area contributed by atoms with Crippen LogP contribution in [0.4, 0.5) is 21.9 Å². The van der Waals surface area contributed by atoms with Gasteiger partial charge >= 0.3 is 6.09 Å². The zero-order valence-electron chi connectivity index (χ0n) is 17.7. The molecular weight excluding hydrogens is 378 g/mol. The van der Waals surface area contributed by atoms with Crippen LogP contribution < -0.4 is 10.2 Å². The topological polar surface area (TPSA) is 61.9 Å². The van der Waals surface area contributed by atoms with Crippen LogP contribution in [0.1, 0.15) is 37.3 Å². The van der Waals surface area contributed by atoms with E-state index in [0.717, 1.165) is 61.3 Å². The van der Waals surface area contributed by atoms with E-state index in [1.54, 1.807) is 0 Å². The van der Waals surface area contributed by atoms with Crippen LogP contribution in [-0.2, 0) is 22.4 Å². The van der Waals surface area contributed by atoms with Crippen molar-refractivity contribution in [1.82, 2.24) is 4.90 Å². The monoisotopic (exact) mass is 407 g/mol. The number of nitrogens with zero attached hydrogens (tertiary/aromatic N) is 2. The van der Waals surface area contributed by atoms with Crippen LogP contribution in [0.25, 0.3) is 0 Å². The smallest absolute Gasteiger partial charge is 0.411 e. The van der Waals surface area contributed by atoms with Crippen LogP contribution in [-0.4, -0.2) is 43.1 Å². The molecule has 2 aromatic rings. The standard InChI is InChI=1S/C24H29N3O3/c1-17(26-14-6-3-7-15-26)23(28)27-21-9-5-4-8-18(21)10-11-19-12-13-20(16-22(19)27)25-24(29)30-2/h4-5,8-9,12-13,16-17H,3,6-7,10-11,14-15H2,1-2H3,(H,25,29)/t17-/m0/s1. The number of rotatable bonds is 3. The number of hydrogen-bond donors (Lipinski definition) is 1. The third-order valence-electron chi connectivity index (χ3n) is 6.17. The second kappa shape index (κ2) is 8.88. The minimum Gasteiger partial charge on any atom is -0.453 e. The Hall–Kier alpha value is -2.86. The number of nitrogens with one attached hydrogen (secondary N) is 1. The highest BCUT2D eigenvalue weighted by atomic mass is 16.5. The maximum Gasteiger partial charge on any atom is 0.411 e. The van der Waals surface area contributed by atoms with E-state index in [1.165, 1.54) is 13.5 Å². The van der Waals surface area contributed by atoms with Crippen molar-refractivity contribution in [3.63, 3.8) is 0 Å². The van der Waals surface area contributed by atoms with Crippen LogP contribution in [0, 0.1) is 0 Å². The maximum atomic E-state index is 13.8. The summed E-state index contributed by atoms with van der Waals surface area (Å²) in [5.41, 5.74) is 4.64. The Kier molecular flexibility index (Phi) is 6.04. The van der Waals surface area contributed by atoms with E-state index in [9.17, 15) is 9.59 Å². The molecule has 2 amide bonds. The first-order chi connectivity index (χ1) is 14.6. The molecule has 0 unspecified atom stereocenters. The molecule has 1 N–H and O–H groups in total. The first-order valence-corrected chi connectivity index (χ1v) is 10.7. The van der Waals surface area contributed by atoms with Gasteiger partial charge in [-0.05, 0) is 75.0 Å². The first-order valence-electron chi connectivity index (χ1n) is 10.7. The Bertz CT molecular complexity index is 937. The van der Waals surface area contributed by atoms with Gasteiger partial charge in [-0.2, -0.15) is 0 Å². The van der Waals surface area contributed by atoms with E-state index in [1.807, 2.05) is 48.2 Å². The first kappa shape index (κ1) is 20.4. The van der Waals surface area contributed by atoms with Gasteiger partial charge in [-0.15, -0.1) is 0 Å². The Morgan fingerprint density at radius 2 is 1.67 bits per heavy atom. The van der Waals surface area contributed by atoms with Crippen LogP contribution in [0.15, 0.2) is 42.5 Å². The number of amides is 2. The number of fused-ring (bicyclic) bond motifs is 2. The van der Waals surface area contributed by atoms with Crippen molar-refractivity contribution in [3.05, 3.63) is 53.6 Å². The van der Waals surface area contributed by atoms with E-state index < -0.39 is 6.09 Å². The number of carbonyl (C=O) groups is 2. The van der Waals surface area contributed by atoms with Gasteiger partial charge in [-0.1, -0.05) is 30.7 Å². The number of para-hydroxylation sites is 1. The third kappa shape index (κ3) is 4.05. The second-order valence-corrected chi connectivity index (χ2v) is 8.04. The molecule has 1 atom stereocenters. The molecule has 1 fully saturated rings. The van der Waals surface area contributed by atoms with Gasteiger partial charge in [0.25, 0.3) is 0 Å². The highest BCUT2D eigenvalue weighted by Gasteiger charge is 2.32. The van der Waals surface area contributed by atoms with Crippen molar-refractivity contribution in [2.75, 3.05) is 30.4 Å². The second-order valence-electron chi connectivity index (χ2n) is 8.04. The average Bonchev–Trinajstić information content (AvgIpc) is 2.95. The molecule has 6 nitrogen and oxygen atoms in total. The number of hydrogen-bond acceptors (Lipinski definition) is 4. The molecule has 2 aliphatic heterocycles. The molecule has 1 saturated heterocycles. The molecule has 0 radical (unpaired) electrons. The zero-order valence-corrected chi connectivity index (χ0v) is 17.7. The van der Waals surface area contributed by atoms with E-state index in [2.05, 4.69) is 16.3 Å². The molecule has 30 heavy (non-hydrogen) atoms. The normalized spacial score (nSPS) is 17.3. The molecule has 0 saturated carbocycles. The Balaban J connectivity index is 1.76. The molecule has 2 heterocycles. The van der Waals surface area contributed by atoms with Gasteiger partial charge in [0, 0.05) is 5.69 Å². The largest absolute Gasteiger partial charge is 0.453 e. The molecule has 0 aliphatic carbocycles. The molecule has 2 aromatic carbocycles. The molecule has 0 spiro atoms. The Morgan fingerprint density at radius 3 is 2.40 bits per heavy atom. The van der Waals surface area contributed by atoms with Gasteiger partial charge in [-0.25, -0.2) is 4.79 Å². The summed E-state index contributed by atoms with van der Waals surface area (Å²) in [6.07, 6.45) is 4.69. The van der Waals surface area contributed by atoms with Gasteiger partial charge < -0.3 is 4.74 Å². The number of aryl methyl sites for hydroxylation is 2. The average molecular weight is 408 g/mol. The number of ether oxygens (including phenoxy) is 1. The third-order valence-corrected chi connectivity index (χ3v) is 6.17. The lowest BCUT2D eigenvalue weighted by atomic mass is 10.0. The van der Waals surface area contributed by atoms with E-state index >= 15 is 0 Å². The zero-order chi connectivity index (χ0) is 21.1. The van der Waals surface area contributed by atoms with Crippen molar-refractivity contribution < 1.29 is 14.3 Å². The van der Waals surface area contributed by atoms with Crippen molar-refractivity contribution in [2.45, 2.75) is 45.1 Å². The lowest BCUT2D eigenvalue weighted by Crippen LogP contribution is -2.47. The summed E-state index contributed by atoms with van der Waals surface area (Å²) in [5, 5.41) is 2.73. The van der Waals surface area contributed by atoms with Gasteiger partial charge in [0.15, 0.2) is 0 Å². The molecule has 2 aliphatic rings. The van der Waals surface area contributed by atoms with Crippen LogP contribution in [0.2, 0.25) is 0 Å². The summed E-state index contributed by atoms with van der Waals surface area (Å²) >= 11 is 0. The quantitative estimate of drug-likeness (QED) is 0.814. The predicted molar refractivity (Wildman–Crippen MR) is 118 cm³/mol. The molecule has 4 rings (SSSR count). The van der Waals surface area contributed by atoms with Crippen molar-refractivity contribution in [1.29, 1.82) is 0 Å². The molecule has 0 bridgehead atoms. The number of anilines is 3. The fourth-order valence-corrected chi connectivity index (χ4v) is 4.46.